The zero-order valence-corrected chi connectivity index (χ0v) is 24.5. The third-order valence-electron chi connectivity index (χ3n) is 6.99. The first-order valence-electron chi connectivity index (χ1n) is 12.8. The zero-order valence-electron chi connectivity index (χ0n) is 22.7. The van der Waals surface area contributed by atoms with Gasteiger partial charge in [0.1, 0.15) is 0 Å². The van der Waals surface area contributed by atoms with Crippen LogP contribution in [0.25, 0.3) is 11.1 Å². The lowest BCUT2D eigenvalue weighted by Crippen LogP contribution is -2.40. The molecule has 0 saturated heterocycles. The van der Waals surface area contributed by atoms with Crippen LogP contribution in [0.5, 0.6) is 0 Å². The van der Waals surface area contributed by atoms with Crippen LogP contribution in [0.15, 0.2) is 66.7 Å². The smallest absolute Gasteiger partial charge is 0.409 e. The van der Waals surface area contributed by atoms with Crippen molar-refractivity contribution in [2.75, 3.05) is 10.6 Å². The van der Waals surface area contributed by atoms with Crippen molar-refractivity contribution in [3.8, 4) is 11.1 Å². The predicted octanol–water partition coefficient (Wildman–Crippen LogP) is 8.58. The Bertz CT molecular complexity index is 1270. The monoisotopic (exact) mass is 552 g/mol. The quantitative estimate of drug-likeness (QED) is 0.220. The van der Waals surface area contributed by atoms with Gasteiger partial charge < -0.3 is 14.8 Å². The maximum Gasteiger partial charge on any atom is 0.409 e. The molecule has 38 heavy (non-hydrogen) atoms. The Hall–Kier alpha value is -3.13. The molecule has 3 aromatic carbocycles. The number of carbonyl (C=O) groups excluding carboxylic acids is 1. The van der Waals surface area contributed by atoms with Crippen LogP contribution in [0.2, 0.25) is 23.2 Å². The van der Waals surface area contributed by atoms with Gasteiger partial charge in [-0.15, -0.1) is 0 Å². The van der Waals surface area contributed by atoms with E-state index in [9.17, 15) is 14.7 Å². The molecule has 0 fully saturated rings. The Kier molecular flexibility index (Phi) is 9.76. The summed E-state index contributed by atoms with van der Waals surface area (Å²) in [5.74, 6) is -0.123. The molecule has 0 radical (unpaired) electrons. The van der Waals surface area contributed by atoms with Gasteiger partial charge in [-0.2, -0.15) is 0 Å². The van der Waals surface area contributed by atoms with Gasteiger partial charge in [0.15, 0.2) is 8.32 Å². The topological polar surface area (TPSA) is 87.7 Å². The fraction of sp³-hybridized carbons (Fsp3) is 0.333. The molecule has 2 amide bonds. The fourth-order valence-electron chi connectivity index (χ4n) is 3.73. The molecule has 0 aliphatic rings. The van der Waals surface area contributed by atoms with Crippen molar-refractivity contribution in [3.63, 3.8) is 0 Å². The highest BCUT2D eigenvalue weighted by Crippen LogP contribution is 2.37. The maximum atomic E-state index is 12.6. The van der Waals surface area contributed by atoms with Crippen LogP contribution < -0.4 is 10.6 Å². The van der Waals surface area contributed by atoms with Crippen LogP contribution in [-0.4, -0.2) is 25.4 Å². The third kappa shape index (κ3) is 8.18. The number of halogens is 1. The molecule has 0 spiro atoms. The molecular formula is C30H37ClN2O4Si. The number of anilines is 2. The number of nitrogens with one attached hydrogen (secondary N) is 2. The van der Waals surface area contributed by atoms with Crippen molar-refractivity contribution in [2.45, 2.75) is 64.8 Å². The molecule has 0 bridgehead atoms. The SMILES string of the molecule is CC(C)(C)[Si](C)(C)OCc1ccc(NC(=O)CCCc2ccc(-c3ccccc3)c(NC(=O)O)c2)c(Cl)c1. The van der Waals surface area contributed by atoms with Crippen molar-refractivity contribution in [2.24, 2.45) is 0 Å². The second-order valence-corrected chi connectivity index (χ2v) is 16.2. The Morgan fingerprint density at radius 3 is 2.24 bits per heavy atom. The summed E-state index contributed by atoms with van der Waals surface area (Å²) in [6.45, 7) is 11.5. The first kappa shape index (κ1) is 29.4. The van der Waals surface area contributed by atoms with Crippen molar-refractivity contribution in [3.05, 3.63) is 82.9 Å². The van der Waals surface area contributed by atoms with Gasteiger partial charge in [0, 0.05) is 12.0 Å². The fourth-order valence-corrected chi connectivity index (χ4v) is 4.94. The first-order valence-corrected chi connectivity index (χ1v) is 16.0. The van der Waals surface area contributed by atoms with Crippen LogP contribution in [0, 0.1) is 0 Å². The van der Waals surface area contributed by atoms with E-state index < -0.39 is 14.4 Å². The number of carboxylic acid groups (broad SMARTS) is 1. The number of hydrogen-bond acceptors (Lipinski definition) is 3. The standard InChI is InChI=1S/C30H37ClN2O4Si/c1-30(2,3)38(4,5)37-20-22-15-17-26(25(31)18-22)32-28(34)13-9-10-21-14-16-24(23-11-7-6-8-12-23)27(19-21)33-29(35)36/h6-8,11-12,14-19,33H,9-10,13,20H2,1-5H3,(H,32,34)(H,35,36). The first-order chi connectivity index (χ1) is 17.9. The summed E-state index contributed by atoms with van der Waals surface area (Å²) >= 11 is 6.45. The maximum absolute atomic E-state index is 12.6. The summed E-state index contributed by atoms with van der Waals surface area (Å²) in [6, 6.07) is 20.9. The van der Waals surface area contributed by atoms with Crippen molar-refractivity contribution >= 4 is 43.3 Å². The minimum atomic E-state index is -1.87. The molecule has 0 heterocycles. The van der Waals surface area contributed by atoms with Gasteiger partial charge in [-0.25, -0.2) is 4.79 Å². The van der Waals surface area contributed by atoms with Crippen molar-refractivity contribution in [1.29, 1.82) is 0 Å². The average molecular weight is 553 g/mol. The number of aryl methyl sites for hydroxylation is 1. The molecule has 3 N–H and O–H groups in total. The summed E-state index contributed by atoms with van der Waals surface area (Å²) in [6.07, 6.45) is 0.440. The van der Waals surface area contributed by atoms with Crippen LogP contribution in [0.1, 0.15) is 44.7 Å². The highest BCUT2D eigenvalue weighted by atomic mass is 35.5. The van der Waals surface area contributed by atoms with Crippen molar-refractivity contribution in [1.82, 2.24) is 0 Å². The van der Waals surface area contributed by atoms with Crippen molar-refractivity contribution < 1.29 is 19.1 Å². The largest absolute Gasteiger partial charge is 0.465 e. The molecule has 0 atom stereocenters. The molecule has 8 heteroatoms. The van der Waals surface area contributed by atoms with Gasteiger partial charge in [-0.05, 0) is 65.9 Å². The summed E-state index contributed by atoms with van der Waals surface area (Å²) in [4.78, 5) is 23.9. The molecule has 6 nitrogen and oxygen atoms in total. The second-order valence-electron chi connectivity index (χ2n) is 10.9. The lowest BCUT2D eigenvalue weighted by atomic mass is 9.99. The van der Waals surface area contributed by atoms with E-state index in [0.29, 0.717) is 42.3 Å². The Balaban J connectivity index is 1.56. The van der Waals surface area contributed by atoms with Gasteiger partial charge in [0.25, 0.3) is 0 Å². The number of benzene rings is 3. The van der Waals surface area contributed by atoms with Gasteiger partial charge >= 0.3 is 6.09 Å². The number of rotatable bonds is 10. The molecule has 202 valence electrons. The lowest BCUT2D eigenvalue weighted by Gasteiger charge is -2.36. The molecule has 0 unspecified atom stereocenters. The molecule has 0 aliphatic heterocycles. The number of amides is 2. The molecule has 0 saturated carbocycles. The number of hydrogen-bond donors (Lipinski definition) is 3. The molecule has 0 aromatic heterocycles. The van der Waals surface area contributed by atoms with Gasteiger partial charge in [-0.3, -0.25) is 10.1 Å². The molecule has 3 rings (SSSR count). The Labute approximate surface area is 231 Å². The van der Waals surface area contributed by atoms with E-state index in [0.717, 1.165) is 22.3 Å². The van der Waals surface area contributed by atoms with Gasteiger partial charge in [0.2, 0.25) is 5.91 Å². The molecule has 0 aliphatic carbocycles. The summed E-state index contributed by atoms with van der Waals surface area (Å²) in [5.41, 5.74) is 4.76. The van der Waals surface area contributed by atoms with Gasteiger partial charge in [-0.1, -0.05) is 80.9 Å². The van der Waals surface area contributed by atoms with E-state index >= 15 is 0 Å². The summed E-state index contributed by atoms with van der Waals surface area (Å²) in [5, 5.41) is 15.3. The minimum Gasteiger partial charge on any atom is -0.465 e. The minimum absolute atomic E-state index is 0.123. The van der Waals surface area contributed by atoms with E-state index in [-0.39, 0.29) is 10.9 Å². The summed E-state index contributed by atoms with van der Waals surface area (Å²) < 4.78 is 6.27. The number of carbonyl (C=O) groups is 2. The Morgan fingerprint density at radius 2 is 1.61 bits per heavy atom. The Morgan fingerprint density at radius 1 is 0.921 bits per heavy atom. The lowest BCUT2D eigenvalue weighted by molar-refractivity contribution is -0.116. The average Bonchev–Trinajstić information content (AvgIpc) is 2.84. The third-order valence-corrected chi connectivity index (χ3v) is 11.8. The highest BCUT2D eigenvalue weighted by Gasteiger charge is 2.37. The van der Waals surface area contributed by atoms with E-state index in [1.807, 2.05) is 66.7 Å². The van der Waals surface area contributed by atoms with E-state index in [1.165, 1.54) is 0 Å². The van der Waals surface area contributed by atoms with Crippen LogP contribution in [-0.2, 0) is 22.2 Å². The van der Waals surface area contributed by atoms with E-state index in [4.69, 9.17) is 16.0 Å². The highest BCUT2D eigenvalue weighted by molar-refractivity contribution is 6.74. The predicted molar refractivity (Wildman–Crippen MR) is 159 cm³/mol. The van der Waals surface area contributed by atoms with E-state index in [2.05, 4.69) is 44.5 Å². The van der Waals surface area contributed by atoms with Crippen LogP contribution in [0.4, 0.5) is 16.2 Å². The zero-order chi connectivity index (χ0) is 27.9. The van der Waals surface area contributed by atoms with Crippen LogP contribution >= 0.6 is 11.6 Å². The summed E-state index contributed by atoms with van der Waals surface area (Å²) in [7, 11) is -1.87. The van der Waals surface area contributed by atoms with Crippen LogP contribution in [0.3, 0.4) is 0 Å². The second kappa shape index (κ2) is 12.6. The molecule has 3 aromatic rings. The normalized spacial score (nSPS) is 11.7. The molecular weight excluding hydrogens is 516 g/mol. The van der Waals surface area contributed by atoms with E-state index in [1.54, 1.807) is 0 Å². The van der Waals surface area contributed by atoms with Gasteiger partial charge in [0.05, 0.1) is 23.0 Å².